The third-order valence-corrected chi connectivity index (χ3v) is 3.40. The van der Waals surface area contributed by atoms with Crippen molar-refractivity contribution in [2.75, 3.05) is 5.73 Å². The van der Waals surface area contributed by atoms with E-state index in [1.54, 1.807) is 18.3 Å². The van der Waals surface area contributed by atoms with Crippen LogP contribution >= 0.6 is 23.4 Å². The highest BCUT2D eigenvalue weighted by molar-refractivity contribution is 7.98. The highest BCUT2D eigenvalue weighted by Crippen LogP contribution is 2.25. The molecule has 0 atom stereocenters. The maximum atomic E-state index is 13.0. The third-order valence-electron chi connectivity index (χ3n) is 2.18. The summed E-state index contributed by atoms with van der Waals surface area (Å²) >= 11 is 7.22. The van der Waals surface area contributed by atoms with E-state index in [1.807, 2.05) is 6.07 Å². The van der Waals surface area contributed by atoms with Crippen LogP contribution in [-0.2, 0) is 5.75 Å². The summed E-state index contributed by atoms with van der Waals surface area (Å²) in [5, 5.41) is 1.43. The van der Waals surface area contributed by atoms with E-state index in [4.69, 9.17) is 17.3 Å². The molecule has 0 spiro atoms. The molecular weight excluding hydrogens is 259 g/mol. The van der Waals surface area contributed by atoms with Crippen molar-refractivity contribution in [3.8, 4) is 0 Å². The van der Waals surface area contributed by atoms with Crippen LogP contribution in [0.2, 0.25) is 5.02 Å². The first-order chi connectivity index (χ1) is 8.15. The zero-order valence-electron chi connectivity index (χ0n) is 8.86. The number of benzene rings is 1. The van der Waals surface area contributed by atoms with Gasteiger partial charge in [0.25, 0.3) is 0 Å². The minimum absolute atomic E-state index is 0.279. The van der Waals surface area contributed by atoms with Gasteiger partial charge in [0.05, 0.1) is 10.0 Å². The number of nitrogens with two attached hydrogens (primary N) is 1. The zero-order valence-corrected chi connectivity index (χ0v) is 10.4. The predicted octanol–water partition coefficient (Wildman–Crippen LogP) is 3.75. The second-order valence-corrected chi connectivity index (χ2v) is 4.88. The van der Waals surface area contributed by atoms with E-state index in [9.17, 15) is 4.39 Å². The summed E-state index contributed by atoms with van der Waals surface area (Å²) in [5.41, 5.74) is 7.12. The smallest absolute Gasteiger partial charge is 0.123 e. The summed E-state index contributed by atoms with van der Waals surface area (Å²) in [6, 6.07) is 7.96. The molecule has 0 amide bonds. The van der Waals surface area contributed by atoms with Crippen LogP contribution in [0.25, 0.3) is 0 Å². The van der Waals surface area contributed by atoms with E-state index in [1.165, 1.54) is 23.9 Å². The van der Waals surface area contributed by atoms with Crippen LogP contribution in [-0.4, -0.2) is 4.98 Å². The lowest BCUT2D eigenvalue weighted by atomic mass is 10.2. The lowest BCUT2D eigenvalue weighted by Gasteiger charge is -2.05. The quantitative estimate of drug-likeness (QED) is 0.681. The Labute approximate surface area is 108 Å². The van der Waals surface area contributed by atoms with Crippen LogP contribution in [0.3, 0.4) is 0 Å². The summed E-state index contributed by atoms with van der Waals surface area (Å²) in [5.74, 6) is 0.303. The number of hydrogen-bond donors (Lipinski definition) is 1. The molecule has 0 saturated carbocycles. The fourth-order valence-corrected chi connectivity index (χ4v) is 2.26. The molecule has 88 valence electrons. The molecule has 1 aromatic carbocycles. The van der Waals surface area contributed by atoms with Crippen molar-refractivity contribution >= 4 is 29.1 Å². The molecule has 0 aliphatic carbocycles. The van der Waals surface area contributed by atoms with Crippen molar-refractivity contribution in [3.63, 3.8) is 0 Å². The fraction of sp³-hybridized carbons (Fsp3) is 0.0833. The van der Waals surface area contributed by atoms with Crippen LogP contribution in [0.5, 0.6) is 0 Å². The van der Waals surface area contributed by atoms with Gasteiger partial charge >= 0.3 is 0 Å². The lowest BCUT2D eigenvalue weighted by Crippen LogP contribution is -1.93. The number of thioether (sulfide) groups is 1. The average Bonchev–Trinajstić information content (AvgIpc) is 2.32. The van der Waals surface area contributed by atoms with Crippen molar-refractivity contribution in [1.82, 2.24) is 4.98 Å². The molecule has 17 heavy (non-hydrogen) atoms. The first-order valence-electron chi connectivity index (χ1n) is 4.93. The second kappa shape index (κ2) is 5.38. The van der Waals surface area contributed by atoms with E-state index in [0.29, 0.717) is 16.5 Å². The van der Waals surface area contributed by atoms with Crippen LogP contribution in [0.15, 0.2) is 41.6 Å². The molecule has 1 heterocycles. The summed E-state index contributed by atoms with van der Waals surface area (Å²) in [6.45, 7) is 0. The minimum Gasteiger partial charge on any atom is -0.398 e. The molecule has 2 nitrogen and oxygen atoms in total. The normalized spacial score (nSPS) is 10.5. The number of hydrogen-bond acceptors (Lipinski definition) is 3. The maximum absolute atomic E-state index is 13.0. The fourth-order valence-electron chi connectivity index (χ4n) is 1.30. The Morgan fingerprint density at radius 1 is 1.29 bits per heavy atom. The van der Waals surface area contributed by atoms with Crippen molar-refractivity contribution in [2.45, 2.75) is 10.8 Å². The Balaban J connectivity index is 2.07. The molecule has 5 heteroatoms. The standard InChI is InChI=1S/C12H10ClFN2S/c13-9-1-4-12(16-6-9)17-7-8-5-10(14)2-3-11(8)15/h1-6H,7,15H2. The monoisotopic (exact) mass is 268 g/mol. The molecule has 2 rings (SSSR count). The van der Waals surface area contributed by atoms with Gasteiger partial charge < -0.3 is 5.73 Å². The van der Waals surface area contributed by atoms with Gasteiger partial charge in [-0.1, -0.05) is 11.6 Å². The molecule has 0 unspecified atom stereocenters. The van der Waals surface area contributed by atoms with Gasteiger partial charge in [0.2, 0.25) is 0 Å². The van der Waals surface area contributed by atoms with Gasteiger partial charge in [-0.2, -0.15) is 0 Å². The van der Waals surface area contributed by atoms with Gasteiger partial charge in [0.15, 0.2) is 0 Å². The highest BCUT2D eigenvalue weighted by atomic mass is 35.5. The van der Waals surface area contributed by atoms with Crippen LogP contribution in [0.1, 0.15) is 5.56 Å². The van der Waals surface area contributed by atoms with Crippen molar-refractivity contribution in [1.29, 1.82) is 0 Å². The zero-order chi connectivity index (χ0) is 12.3. The Bertz CT molecular complexity index is 516. The van der Waals surface area contributed by atoms with Crippen molar-refractivity contribution in [3.05, 3.63) is 52.9 Å². The average molecular weight is 269 g/mol. The Kier molecular flexibility index (Phi) is 3.86. The lowest BCUT2D eigenvalue weighted by molar-refractivity contribution is 0.627. The topological polar surface area (TPSA) is 38.9 Å². The highest BCUT2D eigenvalue weighted by Gasteiger charge is 2.03. The van der Waals surface area contributed by atoms with Crippen molar-refractivity contribution in [2.24, 2.45) is 0 Å². The summed E-state index contributed by atoms with van der Waals surface area (Å²) in [6.07, 6.45) is 1.58. The molecule has 0 aliphatic heterocycles. The molecule has 0 radical (unpaired) electrons. The minimum atomic E-state index is -0.279. The molecule has 2 N–H and O–H groups in total. The molecular formula is C12H10ClFN2S. The van der Waals surface area contributed by atoms with Crippen LogP contribution in [0.4, 0.5) is 10.1 Å². The molecule has 0 bridgehead atoms. The molecule has 2 aromatic rings. The van der Waals surface area contributed by atoms with E-state index in [0.717, 1.165) is 10.6 Å². The maximum Gasteiger partial charge on any atom is 0.123 e. The van der Waals surface area contributed by atoms with E-state index >= 15 is 0 Å². The number of anilines is 1. The Hall–Kier alpha value is -1.26. The van der Waals surface area contributed by atoms with Crippen LogP contribution < -0.4 is 5.73 Å². The number of pyridine rings is 1. The molecule has 1 aromatic heterocycles. The summed E-state index contributed by atoms with van der Waals surface area (Å²) < 4.78 is 13.0. The molecule has 0 aliphatic rings. The van der Waals surface area contributed by atoms with Gasteiger partial charge in [-0.3, -0.25) is 0 Å². The molecule has 0 saturated heterocycles. The van der Waals surface area contributed by atoms with Gasteiger partial charge in [-0.15, -0.1) is 11.8 Å². The predicted molar refractivity (Wildman–Crippen MR) is 69.6 cm³/mol. The number of halogens is 2. The summed E-state index contributed by atoms with van der Waals surface area (Å²) in [7, 11) is 0. The third kappa shape index (κ3) is 3.35. The largest absolute Gasteiger partial charge is 0.398 e. The number of aromatic nitrogens is 1. The van der Waals surface area contributed by atoms with Gasteiger partial charge in [-0.25, -0.2) is 9.37 Å². The van der Waals surface area contributed by atoms with Gasteiger partial charge in [0, 0.05) is 17.6 Å². The summed E-state index contributed by atoms with van der Waals surface area (Å²) in [4.78, 5) is 4.14. The van der Waals surface area contributed by atoms with Gasteiger partial charge in [-0.05, 0) is 35.9 Å². The Morgan fingerprint density at radius 3 is 2.82 bits per heavy atom. The second-order valence-electron chi connectivity index (χ2n) is 3.45. The Morgan fingerprint density at radius 2 is 2.12 bits per heavy atom. The van der Waals surface area contributed by atoms with E-state index in [-0.39, 0.29) is 5.82 Å². The van der Waals surface area contributed by atoms with Crippen LogP contribution in [0, 0.1) is 5.82 Å². The molecule has 0 fully saturated rings. The SMILES string of the molecule is Nc1ccc(F)cc1CSc1ccc(Cl)cn1. The van der Waals surface area contributed by atoms with Crippen molar-refractivity contribution < 1.29 is 4.39 Å². The first-order valence-corrected chi connectivity index (χ1v) is 6.30. The number of rotatable bonds is 3. The first kappa shape index (κ1) is 12.2. The number of nitrogen functional groups attached to an aromatic ring is 1. The van der Waals surface area contributed by atoms with E-state index < -0.39 is 0 Å². The van der Waals surface area contributed by atoms with Gasteiger partial charge in [0.1, 0.15) is 5.82 Å². The number of nitrogens with zero attached hydrogens (tertiary/aromatic N) is 1. The van der Waals surface area contributed by atoms with E-state index in [2.05, 4.69) is 4.98 Å².